The van der Waals surface area contributed by atoms with Gasteiger partial charge < -0.3 is 15.4 Å². The highest BCUT2D eigenvalue weighted by Gasteiger charge is 2.39. The number of aromatic nitrogens is 2. The number of rotatable bonds is 9. The molecule has 1 fully saturated rings. The Hall–Kier alpha value is -4.15. The summed E-state index contributed by atoms with van der Waals surface area (Å²) in [7, 11) is 0. The zero-order valence-electron chi connectivity index (χ0n) is 23.0. The van der Waals surface area contributed by atoms with Gasteiger partial charge in [-0.1, -0.05) is 29.8 Å². The van der Waals surface area contributed by atoms with E-state index in [2.05, 4.69) is 15.7 Å². The van der Waals surface area contributed by atoms with Crippen molar-refractivity contribution in [3.8, 4) is 5.69 Å². The number of hydrogen-bond acceptors (Lipinski definition) is 5. The van der Waals surface area contributed by atoms with Gasteiger partial charge in [-0.3, -0.25) is 14.4 Å². The lowest BCUT2D eigenvalue weighted by Crippen LogP contribution is -2.29. The number of carbonyl (C=O) groups excluding carboxylic acids is 3. The molecule has 1 saturated carbocycles. The molecule has 1 aliphatic carbocycles. The van der Waals surface area contributed by atoms with Crippen molar-refractivity contribution >= 4 is 23.5 Å². The van der Waals surface area contributed by atoms with Crippen LogP contribution >= 0.6 is 0 Å². The van der Waals surface area contributed by atoms with Crippen LogP contribution in [0.4, 0.5) is 18.9 Å². The minimum Gasteiger partial charge on any atom is -0.466 e. The lowest BCUT2D eigenvalue weighted by atomic mass is 9.79. The Morgan fingerprint density at radius 1 is 1.00 bits per heavy atom. The third-order valence-electron chi connectivity index (χ3n) is 7.20. The molecule has 0 bridgehead atoms. The average molecular weight is 571 g/mol. The van der Waals surface area contributed by atoms with Gasteiger partial charge in [0.25, 0.3) is 5.91 Å². The number of nitrogens with one attached hydrogen (secondary N) is 2. The van der Waals surface area contributed by atoms with Crippen molar-refractivity contribution in [1.82, 2.24) is 15.1 Å². The first-order valence-electron chi connectivity index (χ1n) is 13.5. The van der Waals surface area contributed by atoms with Crippen LogP contribution in [0.15, 0.2) is 54.7 Å². The molecule has 0 atom stereocenters. The fraction of sp³-hybridized carbons (Fsp3) is 0.400. The Labute approximate surface area is 236 Å². The molecular weight excluding hydrogens is 537 g/mol. The number of ether oxygens (including phenoxy) is 1. The van der Waals surface area contributed by atoms with Gasteiger partial charge in [-0.2, -0.15) is 18.3 Å². The summed E-state index contributed by atoms with van der Waals surface area (Å²) >= 11 is 0. The average Bonchev–Trinajstić information content (AvgIpc) is 3.40. The fourth-order valence-electron chi connectivity index (χ4n) is 4.92. The number of anilines is 1. The van der Waals surface area contributed by atoms with Crippen LogP contribution in [0.25, 0.3) is 5.69 Å². The van der Waals surface area contributed by atoms with Gasteiger partial charge in [0.1, 0.15) is 0 Å². The second kappa shape index (κ2) is 13.0. The van der Waals surface area contributed by atoms with Crippen molar-refractivity contribution < 1.29 is 32.3 Å². The quantitative estimate of drug-likeness (QED) is 0.317. The number of halogens is 3. The van der Waals surface area contributed by atoms with Gasteiger partial charge in [0.15, 0.2) is 5.69 Å². The topological polar surface area (TPSA) is 102 Å². The van der Waals surface area contributed by atoms with E-state index in [0.717, 1.165) is 42.1 Å². The van der Waals surface area contributed by atoms with E-state index in [1.54, 1.807) is 24.3 Å². The molecule has 218 valence electrons. The first-order valence-corrected chi connectivity index (χ1v) is 13.5. The number of aryl methyl sites for hydroxylation is 1. The summed E-state index contributed by atoms with van der Waals surface area (Å²) in [5.41, 5.74) is 1.17. The van der Waals surface area contributed by atoms with Crippen LogP contribution < -0.4 is 10.6 Å². The van der Waals surface area contributed by atoms with Crippen molar-refractivity contribution in [1.29, 1.82) is 0 Å². The third kappa shape index (κ3) is 8.18. The van der Waals surface area contributed by atoms with E-state index in [0.29, 0.717) is 29.8 Å². The first kappa shape index (κ1) is 29.8. The van der Waals surface area contributed by atoms with Crippen LogP contribution in [-0.2, 0) is 20.5 Å². The van der Waals surface area contributed by atoms with Crippen molar-refractivity contribution in [2.45, 2.75) is 58.0 Å². The molecule has 2 aromatic carbocycles. The summed E-state index contributed by atoms with van der Waals surface area (Å²) < 4.78 is 46.9. The van der Waals surface area contributed by atoms with Crippen molar-refractivity contribution in [2.75, 3.05) is 18.5 Å². The van der Waals surface area contributed by atoms with Crippen LogP contribution in [0.1, 0.15) is 72.1 Å². The van der Waals surface area contributed by atoms with Gasteiger partial charge in [0.05, 0.1) is 17.9 Å². The van der Waals surface area contributed by atoms with Gasteiger partial charge in [-0.15, -0.1) is 0 Å². The first-order chi connectivity index (χ1) is 19.5. The molecule has 0 unspecified atom stereocenters. The largest absolute Gasteiger partial charge is 0.466 e. The van der Waals surface area contributed by atoms with E-state index in [1.807, 2.05) is 31.2 Å². The van der Waals surface area contributed by atoms with Crippen LogP contribution in [0, 0.1) is 12.8 Å². The maximum atomic E-state index is 13.6. The molecule has 0 aliphatic heterocycles. The molecule has 0 radical (unpaired) electrons. The second-order valence-corrected chi connectivity index (χ2v) is 10.4. The van der Waals surface area contributed by atoms with E-state index in [1.165, 1.54) is 12.5 Å². The van der Waals surface area contributed by atoms with Gasteiger partial charge in [-0.05, 0) is 74.3 Å². The van der Waals surface area contributed by atoms with Gasteiger partial charge in [0.2, 0.25) is 5.91 Å². The Kier molecular flexibility index (Phi) is 9.46. The SMILES string of the molecule is CC(=O)OC[C@H]1CC[C@H](c2ccc(NC(=O)CCNC(=O)c3cn(-c4ccc(C)cc4)nc3C(F)(F)F)cc2)CC1. The van der Waals surface area contributed by atoms with E-state index >= 15 is 0 Å². The lowest BCUT2D eigenvalue weighted by Gasteiger charge is -2.28. The third-order valence-corrected chi connectivity index (χ3v) is 7.20. The summed E-state index contributed by atoms with van der Waals surface area (Å²) in [6, 6.07) is 14.3. The Balaban J connectivity index is 1.27. The predicted molar refractivity (Wildman–Crippen MR) is 147 cm³/mol. The van der Waals surface area contributed by atoms with E-state index in [4.69, 9.17) is 4.74 Å². The van der Waals surface area contributed by atoms with Crippen LogP contribution in [0.5, 0.6) is 0 Å². The molecule has 1 aromatic heterocycles. The molecule has 3 aromatic rings. The molecule has 1 aliphatic rings. The Morgan fingerprint density at radius 3 is 2.27 bits per heavy atom. The van der Waals surface area contributed by atoms with Crippen LogP contribution in [0.3, 0.4) is 0 Å². The highest BCUT2D eigenvalue weighted by Crippen LogP contribution is 2.36. The number of hydrogen-bond donors (Lipinski definition) is 2. The molecule has 0 spiro atoms. The van der Waals surface area contributed by atoms with Crippen molar-refractivity contribution in [2.24, 2.45) is 5.92 Å². The molecule has 4 rings (SSSR count). The highest BCUT2D eigenvalue weighted by atomic mass is 19.4. The van der Waals surface area contributed by atoms with E-state index < -0.39 is 23.3 Å². The number of amides is 2. The molecular formula is C30H33F3N4O4. The molecule has 11 heteroatoms. The predicted octanol–water partition coefficient (Wildman–Crippen LogP) is 5.80. The van der Waals surface area contributed by atoms with E-state index in [-0.39, 0.29) is 24.8 Å². The smallest absolute Gasteiger partial charge is 0.435 e. The van der Waals surface area contributed by atoms with Gasteiger partial charge >= 0.3 is 12.1 Å². The van der Waals surface area contributed by atoms with Crippen LogP contribution in [0.2, 0.25) is 0 Å². The zero-order chi connectivity index (χ0) is 29.6. The zero-order valence-corrected chi connectivity index (χ0v) is 23.0. The van der Waals surface area contributed by atoms with E-state index in [9.17, 15) is 27.6 Å². The number of esters is 1. The summed E-state index contributed by atoms with van der Waals surface area (Å²) in [5, 5.41) is 8.74. The maximum absolute atomic E-state index is 13.6. The molecule has 41 heavy (non-hydrogen) atoms. The van der Waals surface area contributed by atoms with Crippen LogP contribution in [-0.4, -0.2) is 40.7 Å². The number of nitrogens with zero attached hydrogens (tertiary/aromatic N) is 2. The molecule has 8 nitrogen and oxygen atoms in total. The Morgan fingerprint density at radius 2 is 1.66 bits per heavy atom. The highest BCUT2D eigenvalue weighted by molar-refractivity contribution is 5.96. The van der Waals surface area contributed by atoms with Crippen molar-refractivity contribution in [3.63, 3.8) is 0 Å². The number of alkyl halides is 3. The Bertz CT molecular complexity index is 1360. The molecule has 2 amide bonds. The number of carbonyl (C=O) groups is 3. The molecule has 0 saturated heterocycles. The fourth-order valence-corrected chi connectivity index (χ4v) is 4.92. The second-order valence-electron chi connectivity index (χ2n) is 10.4. The molecule has 2 N–H and O–H groups in total. The number of benzene rings is 2. The summed E-state index contributed by atoms with van der Waals surface area (Å²) in [6.07, 6.45) is 0.0624. The summed E-state index contributed by atoms with van der Waals surface area (Å²) in [5.74, 6) is -0.807. The minimum absolute atomic E-state index is 0.118. The normalized spacial score (nSPS) is 17.1. The molecule has 1 heterocycles. The minimum atomic E-state index is -4.82. The van der Waals surface area contributed by atoms with Crippen molar-refractivity contribution in [3.05, 3.63) is 77.1 Å². The monoisotopic (exact) mass is 570 g/mol. The lowest BCUT2D eigenvalue weighted by molar-refractivity contribution is -0.143. The standard InChI is InChI=1S/C30H33F3N4O4/c1-19-3-13-25(14-4-19)37-17-26(28(36-37)30(31,32)33)29(40)34-16-15-27(39)35-24-11-9-23(10-12-24)22-7-5-21(6-8-22)18-41-20(2)38/h3-4,9-14,17,21-22H,5-8,15-16,18H2,1-2H3,(H,34,40)(H,35,39)/t21-,22-. The van der Waals surface area contributed by atoms with Gasteiger partial charge in [0, 0.05) is 31.8 Å². The van der Waals surface area contributed by atoms with Gasteiger partial charge in [-0.25, -0.2) is 4.68 Å². The summed E-state index contributed by atoms with van der Waals surface area (Å²) in [4.78, 5) is 36.0. The maximum Gasteiger partial charge on any atom is 0.435 e. The summed E-state index contributed by atoms with van der Waals surface area (Å²) in [6.45, 7) is 3.58.